The first kappa shape index (κ1) is 16.6. The molecule has 0 fully saturated rings. The number of carbonyl (C=O) groups is 1. The summed E-state index contributed by atoms with van der Waals surface area (Å²) in [6.45, 7) is 4.86. The van der Waals surface area contributed by atoms with Gasteiger partial charge in [0.05, 0.1) is 6.42 Å². The molecule has 24 heavy (non-hydrogen) atoms. The van der Waals surface area contributed by atoms with E-state index in [1.54, 1.807) is 0 Å². The topological polar surface area (TPSA) is 42.2 Å². The van der Waals surface area contributed by atoms with Gasteiger partial charge < -0.3 is 9.67 Å². The van der Waals surface area contributed by atoms with Gasteiger partial charge in [-0.25, -0.2) is 0 Å². The summed E-state index contributed by atoms with van der Waals surface area (Å²) in [6, 6.07) is 14.2. The maximum Gasteiger partial charge on any atom is 0.303 e. The molecule has 0 unspecified atom stereocenters. The molecule has 0 saturated carbocycles. The van der Waals surface area contributed by atoms with E-state index in [9.17, 15) is 4.79 Å². The molecule has 124 valence electrons. The van der Waals surface area contributed by atoms with Gasteiger partial charge in [-0.1, -0.05) is 35.4 Å². The van der Waals surface area contributed by atoms with E-state index in [4.69, 9.17) is 16.7 Å². The normalized spacial score (nSPS) is 11.1. The fourth-order valence-corrected chi connectivity index (χ4v) is 3.32. The number of hydrogen-bond acceptors (Lipinski definition) is 1. The summed E-state index contributed by atoms with van der Waals surface area (Å²) < 4.78 is 2.23. The van der Waals surface area contributed by atoms with Crippen molar-refractivity contribution in [2.75, 3.05) is 0 Å². The summed E-state index contributed by atoms with van der Waals surface area (Å²) >= 11 is 5.98. The number of benzene rings is 2. The van der Waals surface area contributed by atoms with Crippen molar-refractivity contribution in [3.63, 3.8) is 0 Å². The third-order valence-corrected chi connectivity index (χ3v) is 4.69. The van der Waals surface area contributed by atoms with Gasteiger partial charge >= 0.3 is 5.97 Å². The number of carboxylic acids is 1. The van der Waals surface area contributed by atoms with Gasteiger partial charge in [-0.3, -0.25) is 4.79 Å². The van der Waals surface area contributed by atoms with E-state index in [1.807, 2.05) is 24.3 Å². The third kappa shape index (κ3) is 3.31. The lowest BCUT2D eigenvalue weighted by atomic mass is 10.1. The third-order valence-electron chi connectivity index (χ3n) is 4.44. The van der Waals surface area contributed by atoms with Gasteiger partial charge in [0.1, 0.15) is 0 Å². The molecular formula is C20H20ClNO2. The molecule has 3 aromatic rings. The predicted octanol–water partition coefficient (Wildman–Crippen LogP) is 4.98. The monoisotopic (exact) mass is 341 g/mol. The van der Waals surface area contributed by atoms with Crippen molar-refractivity contribution in [1.29, 1.82) is 0 Å². The molecule has 0 radical (unpaired) electrons. The van der Waals surface area contributed by atoms with Crippen LogP contribution in [0.4, 0.5) is 0 Å². The van der Waals surface area contributed by atoms with Gasteiger partial charge in [-0.2, -0.15) is 0 Å². The van der Waals surface area contributed by atoms with E-state index in [-0.39, 0.29) is 6.42 Å². The fraction of sp³-hybridized carbons (Fsp3) is 0.250. The summed E-state index contributed by atoms with van der Waals surface area (Å²) in [5.41, 5.74) is 5.76. The van der Waals surface area contributed by atoms with Crippen LogP contribution in [0.1, 0.15) is 28.8 Å². The molecule has 1 N–H and O–H groups in total. The maximum absolute atomic E-state index is 11.0. The number of hydrogen-bond donors (Lipinski definition) is 1. The number of halogens is 1. The van der Waals surface area contributed by atoms with Crippen LogP contribution in [0.15, 0.2) is 42.5 Å². The number of fused-ring (bicyclic) bond motifs is 1. The predicted molar refractivity (Wildman–Crippen MR) is 97.9 cm³/mol. The first-order valence-electron chi connectivity index (χ1n) is 8.00. The van der Waals surface area contributed by atoms with Crippen LogP contribution in [0, 0.1) is 13.8 Å². The molecule has 1 aromatic heterocycles. The van der Waals surface area contributed by atoms with Crippen LogP contribution in [-0.4, -0.2) is 15.6 Å². The summed E-state index contributed by atoms with van der Waals surface area (Å²) in [7, 11) is 0. The van der Waals surface area contributed by atoms with Crippen molar-refractivity contribution in [2.24, 2.45) is 0 Å². The Kier molecular flexibility index (Phi) is 4.63. The molecule has 0 aliphatic heterocycles. The van der Waals surface area contributed by atoms with Crippen LogP contribution in [-0.2, 0) is 17.8 Å². The Balaban J connectivity index is 2.10. The van der Waals surface area contributed by atoms with E-state index in [0.29, 0.717) is 18.0 Å². The molecule has 0 aliphatic rings. The van der Waals surface area contributed by atoms with Crippen molar-refractivity contribution < 1.29 is 9.90 Å². The van der Waals surface area contributed by atoms with E-state index in [2.05, 4.69) is 36.6 Å². The molecule has 0 spiro atoms. The Morgan fingerprint density at radius 2 is 1.83 bits per heavy atom. The van der Waals surface area contributed by atoms with Crippen LogP contribution < -0.4 is 0 Å². The zero-order valence-corrected chi connectivity index (χ0v) is 14.6. The number of aromatic nitrogens is 1. The second kappa shape index (κ2) is 6.70. The molecule has 1 heterocycles. The average molecular weight is 342 g/mol. The highest BCUT2D eigenvalue weighted by Gasteiger charge is 2.15. The van der Waals surface area contributed by atoms with Crippen molar-refractivity contribution in [2.45, 2.75) is 33.2 Å². The lowest BCUT2D eigenvalue weighted by Crippen LogP contribution is -2.07. The molecule has 3 rings (SSSR count). The maximum atomic E-state index is 11.0. The minimum atomic E-state index is -0.770. The van der Waals surface area contributed by atoms with E-state index >= 15 is 0 Å². The van der Waals surface area contributed by atoms with Gasteiger partial charge in [-0.05, 0) is 55.7 Å². The Hall–Kier alpha value is -2.26. The van der Waals surface area contributed by atoms with Crippen LogP contribution >= 0.6 is 11.6 Å². The van der Waals surface area contributed by atoms with E-state index < -0.39 is 5.97 Å². The fourth-order valence-electron chi connectivity index (χ4n) is 3.19. The molecule has 0 bridgehead atoms. The first-order valence-corrected chi connectivity index (χ1v) is 8.38. The van der Waals surface area contributed by atoms with Crippen LogP contribution in [0.25, 0.3) is 10.9 Å². The van der Waals surface area contributed by atoms with Crippen LogP contribution in [0.5, 0.6) is 0 Å². The average Bonchev–Trinajstić information content (AvgIpc) is 2.79. The number of aliphatic carboxylic acids is 1. The molecule has 4 heteroatoms. The van der Waals surface area contributed by atoms with Crippen molar-refractivity contribution in [3.8, 4) is 0 Å². The highest BCUT2D eigenvalue weighted by molar-refractivity contribution is 6.30. The van der Waals surface area contributed by atoms with Gasteiger partial charge in [0, 0.05) is 28.2 Å². The van der Waals surface area contributed by atoms with Crippen LogP contribution in [0.3, 0.4) is 0 Å². The van der Waals surface area contributed by atoms with Crippen molar-refractivity contribution >= 4 is 28.5 Å². The largest absolute Gasteiger partial charge is 0.481 e. The summed E-state index contributed by atoms with van der Waals surface area (Å²) in [5, 5.41) is 11.0. The van der Waals surface area contributed by atoms with Gasteiger partial charge in [0.25, 0.3) is 0 Å². The lowest BCUT2D eigenvalue weighted by Gasteiger charge is -2.11. The number of rotatable bonds is 5. The molecular weight excluding hydrogens is 322 g/mol. The minimum Gasteiger partial charge on any atom is -0.481 e. The molecule has 0 amide bonds. The number of carboxylic acid groups (broad SMARTS) is 1. The standard InChI is InChI=1S/C20H20ClNO2/c1-13-3-8-19-17(11-13)14(2)18(9-10-20(23)24)22(19)12-15-4-6-16(21)7-5-15/h3-8,11H,9-10,12H2,1-2H3,(H,23,24). The SMILES string of the molecule is Cc1ccc2c(c1)c(C)c(CCC(=O)O)n2Cc1ccc(Cl)cc1. The van der Waals surface area contributed by atoms with E-state index in [0.717, 1.165) is 16.8 Å². The highest BCUT2D eigenvalue weighted by atomic mass is 35.5. The first-order chi connectivity index (χ1) is 11.5. The Labute approximate surface area is 146 Å². The molecule has 3 nitrogen and oxygen atoms in total. The lowest BCUT2D eigenvalue weighted by molar-refractivity contribution is -0.136. The van der Waals surface area contributed by atoms with Crippen molar-refractivity contribution in [1.82, 2.24) is 4.57 Å². The molecule has 2 aromatic carbocycles. The highest BCUT2D eigenvalue weighted by Crippen LogP contribution is 2.28. The number of aryl methyl sites for hydroxylation is 2. The second-order valence-corrected chi connectivity index (χ2v) is 6.64. The van der Waals surface area contributed by atoms with Crippen molar-refractivity contribution in [3.05, 3.63) is 69.9 Å². The molecule has 0 saturated heterocycles. The Morgan fingerprint density at radius 1 is 1.12 bits per heavy atom. The quantitative estimate of drug-likeness (QED) is 0.711. The van der Waals surface area contributed by atoms with Gasteiger partial charge in [-0.15, -0.1) is 0 Å². The van der Waals surface area contributed by atoms with Gasteiger partial charge in [0.2, 0.25) is 0 Å². The van der Waals surface area contributed by atoms with Gasteiger partial charge in [0.15, 0.2) is 0 Å². The summed E-state index contributed by atoms with van der Waals surface area (Å²) in [5.74, 6) is -0.770. The minimum absolute atomic E-state index is 0.136. The summed E-state index contributed by atoms with van der Waals surface area (Å²) in [4.78, 5) is 11.0. The molecule has 0 aliphatic carbocycles. The smallest absolute Gasteiger partial charge is 0.303 e. The zero-order valence-electron chi connectivity index (χ0n) is 13.8. The summed E-state index contributed by atoms with van der Waals surface area (Å²) in [6.07, 6.45) is 0.666. The molecule has 0 atom stereocenters. The zero-order chi connectivity index (χ0) is 17.3. The Morgan fingerprint density at radius 3 is 2.50 bits per heavy atom. The number of nitrogens with zero attached hydrogens (tertiary/aromatic N) is 1. The second-order valence-electron chi connectivity index (χ2n) is 6.20. The Bertz CT molecular complexity index is 894. The van der Waals surface area contributed by atoms with Crippen LogP contribution in [0.2, 0.25) is 5.02 Å². The van der Waals surface area contributed by atoms with E-state index in [1.165, 1.54) is 16.5 Å².